The monoisotopic (exact) mass is 419 g/mol. The number of thioether (sulfide) groups is 1. The van der Waals surface area contributed by atoms with E-state index in [1.54, 1.807) is 29.3 Å². The number of hydrogen-bond acceptors (Lipinski definition) is 5. The van der Waals surface area contributed by atoms with Gasteiger partial charge in [0.15, 0.2) is 5.65 Å². The summed E-state index contributed by atoms with van der Waals surface area (Å²) in [6.07, 6.45) is 7.87. The maximum atomic E-state index is 7.00. The molecule has 0 aliphatic rings. The number of nitrogens with zero attached hydrogens (tertiary/aromatic N) is 3. The number of allylic oxidation sites excluding steroid dienone is 2. The molecule has 0 aromatic carbocycles. The highest BCUT2D eigenvalue weighted by molar-refractivity contribution is 8.05. The lowest BCUT2D eigenvalue weighted by molar-refractivity contribution is 0.399. The van der Waals surface area contributed by atoms with Crippen LogP contribution in [0.4, 0.5) is 0 Å². The minimum absolute atomic E-state index is 0.675. The van der Waals surface area contributed by atoms with Gasteiger partial charge in [-0.25, -0.2) is 4.98 Å². The van der Waals surface area contributed by atoms with Gasteiger partial charge in [0.05, 0.1) is 20.6 Å². The predicted octanol–water partition coefficient (Wildman–Crippen LogP) is 6.15. The lowest BCUT2D eigenvalue weighted by atomic mass is 10.2. The zero-order valence-corrected chi connectivity index (χ0v) is 18.1. The van der Waals surface area contributed by atoms with Crippen LogP contribution in [0.3, 0.4) is 0 Å². The fourth-order valence-electron chi connectivity index (χ4n) is 2.66. The van der Waals surface area contributed by atoms with Gasteiger partial charge in [0.2, 0.25) is 0 Å². The van der Waals surface area contributed by atoms with E-state index in [9.17, 15) is 0 Å². The molecule has 27 heavy (non-hydrogen) atoms. The minimum Gasteiger partial charge on any atom is -0.400 e. The number of rotatable bonds is 5. The van der Waals surface area contributed by atoms with E-state index in [2.05, 4.69) is 38.7 Å². The van der Waals surface area contributed by atoms with Crippen molar-refractivity contribution >= 4 is 47.1 Å². The first-order valence-electron chi connectivity index (χ1n) is 8.18. The molecule has 0 atom stereocenters. The normalized spacial score (nSPS) is 11.7. The minimum atomic E-state index is 0.675. The number of aliphatic hydroxyl groups excluding tert-OH is 1. The van der Waals surface area contributed by atoms with Crippen LogP contribution in [0.2, 0.25) is 5.02 Å². The van der Waals surface area contributed by atoms with Crippen molar-refractivity contribution in [3.8, 4) is 11.3 Å². The van der Waals surface area contributed by atoms with E-state index in [1.165, 1.54) is 4.21 Å². The smallest absolute Gasteiger partial charge is 0.156 e. The molecule has 0 aliphatic carbocycles. The fourth-order valence-corrected chi connectivity index (χ4v) is 4.96. The summed E-state index contributed by atoms with van der Waals surface area (Å²) >= 11 is 9.74. The number of aromatic nitrogens is 2. The van der Waals surface area contributed by atoms with E-state index in [1.807, 2.05) is 39.0 Å². The van der Waals surface area contributed by atoms with E-state index in [0.29, 0.717) is 5.02 Å². The second-order valence-corrected chi connectivity index (χ2v) is 8.27. The molecule has 0 fully saturated rings. The summed E-state index contributed by atoms with van der Waals surface area (Å²) in [5, 5.41) is 9.83. The van der Waals surface area contributed by atoms with Crippen LogP contribution >= 0.6 is 34.7 Å². The fraction of sp³-hybridized carbons (Fsp3) is 0.200. The van der Waals surface area contributed by atoms with Crippen molar-refractivity contribution in [1.82, 2.24) is 9.38 Å². The standard InChI is InChI=1S/C19H18ClN3S2.CH4O/c1-5-6-15(9-21-4)25-17-8-14(11-24-17)18-13(3)22-19-16(20)7-12(2)10-23(18)19;1-2/h5-11H,4H2,1-3H3;2H,1H3/b6-5-,15-9+;. The molecular weight excluding hydrogens is 398 g/mol. The third-order valence-electron chi connectivity index (χ3n) is 3.60. The molecule has 0 spiro atoms. The van der Waals surface area contributed by atoms with Crippen LogP contribution in [0.1, 0.15) is 18.2 Å². The Morgan fingerprint density at radius 2 is 2.11 bits per heavy atom. The molecule has 0 saturated heterocycles. The van der Waals surface area contributed by atoms with Crippen LogP contribution in [-0.4, -0.2) is 28.3 Å². The lowest BCUT2D eigenvalue weighted by Crippen LogP contribution is -1.90. The highest BCUT2D eigenvalue weighted by atomic mass is 35.5. The Kier molecular flexibility index (Phi) is 7.86. The van der Waals surface area contributed by atoms with Crippen molar-refractivity contribution in [1.29, 1.82) is 0 Å². The summed E-state index contributed by atoms with van der Waals surface area (Å²) in [6.45, 7) is 9.59. The number of aliphatic imine (C=N–C) groups is 1. The van der Waals surface area contributed by atoms with Crippen LogP contribution in [0.15, 0.2) is 56.2 Å². The van der Waals surface area contributed by atoms with Crippen LogP contribution in [0.25, 0.3) is 16.9 Å². The number of hydrogen-bond donors (Lipinski definition) is 1. The summed E-state index contributed by atoms with van der Waals surface area (Å²) in [6, 6.07) is 4.13. The van der Waals surface area contributed by atoms with E-state index < -0.39 is 0 Å². The van der Waals surface area contributed by atoms with E-state index in [0.717, 1.165) is 40.2 Å². The van der Waals surface area contributed by atoms with Crippen LogP contribution in [0.5, 0.6) is 0 Å². The molecule has 7 heteroatoms. The van der Waals surface area contributed by atoms with Gasteiger partial charge in [-0.05, 0) is 45.2 Å². The third-order valence-corrected chi connectivity index (χ3v) is 5.94. The molecule has 0 bridgehead atoms. The number of aryl methyl sites for hydroxylation is 2. The average Bonchev–Trinajstić information content (AvgIpc) is 3.21. The van der Waals surface area contributed by atoms with Crippen molar-refractivity contribution in [2.45, 2.75) is 25.0 Å². The summed E-state index contributed by atoms with van der Waals surface area (Å²) in [5.74, 6) is 0. The van der Waals surface area contributed by atoms with Crippen molar-refractivity contribution in [2.24, 2.45) is 4.99 Å². The highest BCUT2D eigenvalue weighted by Crippen LogP contribution is 2.38. The number of fused-ring (bicyclic) bond motifs is 1. The highest BCUT2D eigenvalue weighted by Gasteiger charge is 2.15. The summed E-state index contributed by atoms with van der Waals surface area (Å²) in [5.41, 5.74) is 5.10. The molecule has 0 aliphatic heterocycles. The number of thiophene rings is 1. The molecular formula is C20H22ClN3OS2. The predicted molar refractivity (Wildman–Crippen MR) is 119 cm³/mol. The molecule has 3 aromatic rings. The average molecular weight is 420 g/mol. The van der Waals surface area contributed by atoms with Gasteiger partial charge in [-0.2, -0.15) is 0 Å². The lowest BCUT2D eigenvalue weighted by Gasteiger charge is -2.03. The first-order chi connectivity index (χ1) is 13.0. The van der Waals surface area contributed by atoms with Gasteiger partial charge < -0.3 is 5.11 Å². The Bertz CT molecular complexity index is 1000. The van der Waals surface area contributed by atoms with Gasteiger partial charge in [-0.1, -0.05) is 35.5 Å². The first-order valence-corrected chi connectivity index (χ1v) is 10.3. The maximum absolute atomic E-state index is 7.00. The molecule has 142 valence electrons. The number of halogens is 1. The Morgan fingerprint density at radius 3 is 2.78 bits per heavy atom. The molecule has 3 rings (SSSR count). The number of pyridine rings is 1. The summed E-state index contributed by atoms with van der Waals surface area (Å²) in [4.78, 5) is 9.57. The van der Waals surface area contributed by atoms with Crippen molar-refractivity contribution in [3.05, 3.63) is 63.2 Å². The van der Waals surface area contributed by atoms with Crippen molar-refractivity contribution < 1.29 is 5.11 Å². The quantitative estimate of drug-likeness (QED) is 0.306. The molecule has 1 N–H and O–H groups in total. The van der Waals surface area contributed by atoms with E-state index >= 15 is 0 Å². The Hall–Kier alpha value is -1.86. The Labute approximate surface area is 172 Å². The Morgan fingerprint density at radius 1 is 1.37 bits per heavy atom. The third kappa shape index (κ3) is 4.90. The zero-order chi connectivity index (χ0) is 20.0. The molecule has 3 aromatic heterocycles. The topological polar surface area (TPSA) is 49.9 Å². The largest absolute Gasteiger partial charge is 0.400 e. The first kappa shape index (κ1) is 21.4. The van der Waals surface area contributed by atoms with Gasteiger partial charge in [0.1, 0.15) is 0 Å². The van der Waals surface area contributed by atoms with Gasteiger partial charge in [0.25, 0.3) is 0 Å². The van der Waals surface area contributed by atoms with Crippen molar-refractivity contribution in [2.75, 3.05) is 7.11 Å². The van der Waals surface area contributed by atoms with Crippen molar-refractivity contribution in [3.63, 3.8) is 0 Å². The SMILES string of the molecule is C=N/C=C(\C=C/C)Sc1cc(-c2c(C)nc3c(Cl)cc(C)cn23)cs1.CO. The second kappa shape index (κ2) is 9.90. The van der Waals surface area contributed by atoms with E-state index in [-0.39, 0.29) is 0 Å². The van der Waals surface area contributed by atoms with Crippen LogP contribution in [-0.2, 0) is 0 Å². The second-order valence-electron chi connectivity index (χ2n) is 5.58. The van der Waals surface area contributed by atoms with Gasteiger partial charge >= 0.3 is 0 Å². The maximum Gasteiger partial charge on any atom is 0.156 e. The van der Waals surface area contributed by atoms with Crippen LogP contribution < -0.4 is 0 Å². The zero-order valence-electron chi connectivity index (χ0n) is 15.7. The number of imidazole rings is 1. The molecule has 0 unspecified atom stereocenters. The molecule has 4 nitrogen and oxygen atoms in total. The van der Waals surface area contributed by atoms with E-state index in [4.69, 9.17) is 16.7 Å². The molecule has 0 radical (unpaired) electrons. The van der Waals surface area contributed by atoms with Gasteiger partial charge in [0, 0.05) is 35.4 Å². The van der Waals surface area contributed by atoms with Gasteiger partial charge in [-0.15, -0.1) is 11.3 Å². The molecule has 3 heterocycles. The molecule has 0 amide bonds. The summed E-state index contributed by atoms with van der Waals surface area (Å²) < 4.78 is 3.27. The molecule has 0 saturated carbocycles. The Balaban J connectivity index is 0.00000126. The summed E-state index contributed by atoms with van der Waals surface area (Å²) in [7, 11) is 1.00. The number of aliphatic hydroxyl groups is 1. The van der Waals surface area contributed by atoms with Crippen LogP contribution in [0, 0.1) is 13.8 Å². The van der Waals surface area contributed by atoms with Gasteiger partial charge in [-0.3, -0.25) is 9.39 Å².